The van der Waals surface area contributed by atoms with E-state index in [1.165, 1.54) is 32.6 Å². The molecule has 0 unspecified atom stereocenters. The van der Waals surface area contributed by atoms with Crippen molar-refractivity contribution in [2.45, 2.75) is 24.4 Å². The van der Waals surface area contributed by atoms with Crippen LogP contribution in [-0.4, -0.2) is 41.4 Å². The number of aromatic nitrogens is 2. The molecule has 1 saturated heterocycles. The Morgan fingerprint density at radius 1 is 1.62 bits per heavy atom. The highest BCUT2D eigenvalue weighted by Crippen LogP contribution is 2.50. The van der Waals surface area contributed by atoms with Gasteiger partial charge in [0.05, 0.1) is 5.88 Å². The normalized spacial score (nSPS) is 27.8. The Bertz CT molecular complexity index is 722. The number of halogens is 2. The van der Waals surface area contributed by atoms with Crippen LogP contribution in [0.5, 0.6) is 0 Å². The topological polar surface area (TPSA) is 106 Å². The van der Waals surface area contributed by atoms with Crippen molar-refractivity contribution in [2.24, 2.45) is 0 Å². The third kappa shape index (κ3) is 3.87. The number of hydrogen-bond acceptors (Lipinski definition) is 7. The Balaban J connectivity index is 2.31. The first-order valence-corrected chi connectivity index (χ1v) is 9.07. The highest BCUT2D eigenvalue weighted by Gasteiger charge is 2.46. The molecular weight excluding hydrogens is 364 g/mol. The van der Waals surface area contributed by atoms with Gasteiger partial charge in [0.1, 0.15) is 17.6 Å². The third-order valence-electron chi connectivity index (χ3n) is 3.63. The van der Waals surface area contributed by atoms with Crippen molar-refractivity contribution >= 4 is 25.0 Å². The second-order valence-corrected chi connectivity index (χ2v) is 7.57. The molecule has 1 aliphatic heterocycles. The van der Waals surface area contributed by atoms with E-state index in [2.05, 4.69) is 4.98 Å². The Labute approximate surface area is 142 Å². The van der Waals surface area contributed by atoms with E-state index in [0.29, 0.717) is 0 Å². The largest absolute Gasteiger partial charge is 0.383 e. The molecule has 134 valence electrons. The number of rotatable bonds is 6. The van der Waals surface area contributed by atoms with Gasteiger partial charge in [0.15, 0.2) is 6.23 Å². The maximum absolute atomic E-state index is 14.5. The van der Waals surface area contributed by atoms with Crippen LogP contribution in [0.15, 0.2) is 29.0 Å². The Kier molecular flexibility index (Phi) is 5.83. The number of anilines is 1. The van der Waals surface area contributed by atoms with Crippen LogP contribution in [0.1, 0.15) is 12.6 Å². The van der Waals surface area contributed by atoms with Crippen molar-refractivity contribution in [3.05, 3.63) is 34.6 Å². The standard InChI is InChI=1S/C13H18ClFN3O5P/c1-21-24(20,22-2)6-4-13(8-14)7-9(15)11(23-13)18-5-3-10(16)17-12(18)19/h3-6,9,11H,7-8H2,1-2H3,(H2,16,17,19)/b6-4+/t9-,11-,13-/m1/s1. The van der Waals surface area contributed by atoms with Crippen molar-refractivity contribution < 1.29 is 22.7 Å². The van der Waals surface area contributed by atoms with Gasteiger partial charge in [-0.3, -0.25) is 9.13 Å². The molecule has 2 heterocycles. The summed E-state index contributed by atoms with van der Waals surface area (Å²) in [5.74, 6) is 1.06. The number of nitrogens with zero attached hydrogens (tertiary/aromatic N) is 2. The minimum absolute atomic E-state index is 0.0225. The molecule has 8 nitrogen and oxygen atoms in total. The second kappa shape index (κ2) is 7.33. The zero-order chi connectivity index (χ0) is 18.0. The van der Waals surface area contributed by atoms with Gasteiger partial charge in [-0.15, -0.1) is 11.6 Å². The highest BCUT2D eigenvalue weighted by atomic mass is 35.5. The summed E-state index contributed by atoms with van der Waals surface area (Å²) in [7, 11) is -1.02. The molecule has 0 aromatic carbocycles. The van der Waals surface area contributed by atoms with Crippen LogP contribution in [0.3, 0.4) is 0 Å². The van der Waals surface area contributed by atoms with E-state index in [1.807, 2.05) is 0 Å². The predicted octanol–water partition coefficient (Wildman–Crippen LogP) is 2.06. The summed E-state index contributed by atoms with van der Waals surface area (Å²) in [6, 6.07) is 1.36. The smallest absolute Gasteiger partial charge is 0.353 e. The fourth-order valence-corrected chi connectivity index (χ4v) is 3.41. The zero-order valence-corrected chi connectivity index (χ0v) is 14.7. The number of alkyl halides is 2. The van der Waals surface area contributed by atoms with E-state index in [4.69, 9.17) is 31.1 Å². The van der Waals surface area contributed by atoms with Crippen LogP contribution in [-0.2, 0) is 18.3 Å². The van der Waals surface area contributed by atoms with Gasteiger partial charge in [-0.2, -0.15) is 4.98 Å². The average Bonchev–Trinajstić information content (AvgIpc) is 2.90. The summed E-state index contributed by atoms with van der Waals surface area (Å²) in [6.07, 6.45) is -0.247. The van der Waals surface area contributed by atoms with Crippen molar-refractivity contribution in [1.82, 2.24) is 9.55 Å². The molecule has 3 atom stereocenters. The lowest BCUT2D eigenvalue weighted by atomic mass is 10.0. The summed E-state index contributed by atoms with van der Waals surface area (Å²) in [4.78, 5) is 15.4. The zero-order valence-electron chi connectivity index (χ0n) is 13.1. The first kappa shape index (κ1) is 19.1. The summed E-state index contributed by atoms with van der Waals surface area (Å²) < 4.78 is 42.8. The number of hydrogen-bond donors (Lipinski definition) is 1. The highest BCUT2D eigenvalue weighted by molar-refractivity contribution is 7.57. The molecule has 1 fully saturated rings. The Morgan fingerprint density at radius 2 is 2.29 bits per heavy atom. The monoisotopic (exact) mass is 381 g/mol. The molecule has 0 spiro atoms. The molecule has 2 N–H and O–H groups in total. The van der Waals surface area contributed by atoms with Gasteiger partial charge in [-0.05, 0) is 12.1 Å². The molecule has 2 rings (SSSR count). The lowest BCUT2D eigenvalue weighted by Gasteiger charge is -2.24. The SMILES string of the molecule is COP(=O)(/C=C/[C@]1(CCl)C[C@@H](F)[C@H](n2ccc(N)nc2=O)O1)OC. The van der Waals surface area contributed by atoms with Gasteiger partial charge in [0.2, 0.25) is 0 Å². The second-order valence-electron chi connectivity index (χ2n) is 5.19. The van der Waals surface area contributed by atoms with Crippen molar-refractivity contribution in [1.29, 1.82) is 0 Å². The van der Waals surface area contributed by atoms with E-state index in [1.54, 1.807) is 0 Å². The molecule has 0 amide bonds. The summed E-state index contributed by atoms with van der Waals surface area (Å²) >= 11 is 5.93. The van der Waals surface area contributed by atoms with E-state index in [9.17, 15) is 13.8 Å². The van der Waals surface area contributed by atoms with Gasteiger partial charge in [0, 0.05) is 32.7 Å². The number of nitrogen functional groups attached to an aromatic ring is 1. The lowest BCUT2D eigenvalue weighted by Crippen LogP contribution is -2.32. The molecule has 11 heteroatoms. The summed E-state index contributed by atoms with van der Waals surface area (Å²) in [6.45, 7) is 0. The average molecular weight is 382 g/mol. The summed E-state index contributed by atoms with van der Waals surface area (Å²) in [5, 5.41) is 0. The molecule has 0 radical (unpaired) electrons. The van der Waals surface area contributed by atoms with Crippen molar-refractivity contribution in [3.8, 4) is 0 Å². The molecule has 1 aromatic heterocycles. The molecule has 0 saturated carbocycles. The Hall–Kier alpha value is -1.25. The van der Waals surface area contributed by atoms with Gasteiger partial charge < -0.3 is 19.5 Å². The lowest BCUT2D eigenvalue weighted by molar-refractivity contribution is -0.0476. The third-order valence-corrected chi connectivity index (χ3v) is 5.61. The van der Waals surface area contributed by atoms with E-state index < -0.39 is 31.3 Å². The Morgan fingerprint density at radius 3 is 2.83 bits per heavy atom. The van der Waals surface area contributed by atoms with Gasteiger partial charge >= 0.3 is 13.3 Å². The van der Waals surface area contributed by atoms with Crippen LogP contribution < -0.4 is 11.4 Å². The van der Waals surface area contributed by atoms with Gasteiger partial charge in [-0.1, -0.05) is 0 Å². The van der Waals surface area contributed by atoms with Gasteiger partial charge in [-0.25, -0.2) is 9.18 Å². The minimum Gasteiger partial charge on any atom is -0.383 e. The molecular formula is C13H18ClFN3O5P. The van der Waals surface area contributed by atoms with Crippen LogP contribution in [0, 0.1) is 0 Å². The van der Waals surface area contributed by atoms with E-state index in [0.717, 1.165) is 10.4 Å². The molecule has 0 aliphatic carbocycles. The molecule has 24 heavy (non-hydrogen) atoms. The minimum atomic E-state index is -3.46. The maximum atomic E-state index is 14.5. The van der Waals surface area contributed by atoms with E-state index in [-0.39, 0.29) is 18.1 Å². The number of ether oxygens (including phenoxy) is 1. The van der Waals surface area contributed by atoms with Crippen LogP contribution in [0.4, 0.5) is 10.2 Å². The van der Waals surface area contributed by atoms with Crippen LogP contribution >= 0.6 is 19.2 Å². The fraction of sp³-hybridized carbons (Fsp3) is 0.538. The predicted molar refractivity (Wildman–Crippen MR) is 86.8 cm³/mol. The first-order chi connectivity index (χ1) is 11.3. The fourth-order valence-electron chi connectivity index (χ4n) is 2.31. The van der Waals surface area contributed by atoms with Crippen LogP contribution in [0.2, 0.25) is 0 Å². The maximum Gasteiger partial charge on any atom is 0.353 e. The number of nitrogens with two attached hydrogens (primary N) is 1. The quantitative estimate of drug-likeness (QED) is 0.593. The molecule has 0 bridgehead atoms. The van der Waals surface area contributed by atoms with E-state index >= 15 is 0 Å². The van der Waals surface area contributed by atoms with Crippen molar-refractivity contribution in [3.63, 3.8) is 0 Å². The van der Waals surface area contributed by atoms with Gasteiger partial charge in [0.25, 0.3) is 0 Å². The van der Waals surface area contributed by atoms with Crippen LogP contribution in [0.25, 0.3) is 0 Å². The molecule has 1 aliphatic rings. The van der Waals surface area contributed by atoms with Crippen molar-refractivity contribution in [2.75, 3.05) is 25.8 Å². The summed E-state index contributed by atoms with van der Waals surface area (Å²) in [5.41, 5.74) is 3.41. The molecule has 1 aromatic rings. The first-order valence-electron chi connectivity index (χ1n) is 6.92.